The number of hydrogen-bond donors (Lipinski definition) is 3. The van der Waals surface area contributed by atoms with Crippen LogP contribution in [-0.2, 0) is 14.3 Å². The molecule has 0 aliphatic heterocycles. The normalized spacial score (nSPS) is 18.1. The third-order valence-electron chi connectivity index (χ3n) is 3.59. The van der Waals surface area contributed by atoms with Crippen LogP contribution in [0.2, 0.25) is 0 Å². The molecule has 0 saturated heterocycles. The zero-order valence-corrected chi connectivity index (χ0v) is 11.9. The van der Waals surface area contributed by atoms with E-state index in [2.05, 4.69) is 15.4 Å². The van der Waals surface area contributed by atoms with Gasteiger partial charge in [-0.05, 0) is 26.2 Å². The topological polar surface area (TPSA) is 105 Å². The molecule has 1 aliphatic rings. The Hall–Kier alpha value is -1.79. The van der Waals surface area contributed by atoms with Crippen molar-refractivity contribution >= 4 is 18.0 Å². The number of carbonyl (C=O) groups excluding carboxylic acids is 2. The fraction of sp³-hybridized carbons (Fsp3) is 0.769. The van der Waals surface area contributed by atoms with Gasteiger partial charge in [-0.1, -0.05) is 12.8 Å². The van der Waals surface area contributed by atoms with E-state index in [1.165, 1.54) is 7.11 Å². The number of ether oxygens (including phenoxy) is 1. The zero-order valence-electron chi connectivity index (χ0n) is 11.9. The molecule has 3 N–H and O–H groups in total. The summed E-state index contributed by atoms with van der Waals surface area (Å²) in [6.45, 7) is 1.95. The van der Waals surface area contributed by atoms with Crippen LogP contribution < -0.4 is 10.6 Å². The molecule has 0 spiro atoms. The molecule has 1 atom stereocenters. The van der Waals surface area contributed by atoms with Crippen molar-refractivity contribution in [3.05, 3.63) is 0 Å². The lowest BCUT2D eigenvalue weighted by Crippen LogP contribution is -2.53. The summed E-state index contributed by atoms with van der Waals surface area (Å²) in [5.74, 6) is -1.66. The number of rotatable bonds is 6. The molecule has 114 valence electrons. The molecule has 0 radical (unpaired) electrons. The Morgan fingerprint density at radius 1 is 1.30 bits per heavy atom. The molecule has 7 heteroatoms. The van der Waals surface area contributed by atoms with E-state index in [0.717, 1.165) is 25.7 Å². The molecule has 1 fully saturated rings. The van der Waals surface area contributed by atoms with Crippen LogP contribution >= 0.6 is 0 Å². The maximum absolute atomic E-state index is 11.8. The first-order chi connectivity index (χ1) is 9.36. The van der Waals surface area contributed by atoms with Gasteiger partial charge in [0.1, 0.15) is 6.04 Å². The third-order valence-corrected chi connectivity index (χ3v) is 3.59. The van der Waals surface area contributed by atoms with E-state index in [9.17, 15) is 14.4 Å². The van der Waals surface area contributed by atoms with E-state index in [0.29, 0.717) is 0 Å². The lowest BCUT2D eigenvalue weighted by Gasteiger charge is -2.26. The second-order valence-electron chi connectivity index (χ2n) is 5.37. The molecule has 0 aromatic rings. The van der Waals surface area contributed by atoms with E-state index in [1.807, 2.05) is 6.92 Å². The van der Waals surface area contributed by atoms with Crippen molar-refractivity contribution in [2.75, 3.05) is 7.11 Å². The number of carbonyl (C=O) groups is 3. The molecule has 20 heavy (non-hydrogen) atoms. The molecule has 0 bridgehead atoms. The Morgan fingerprint density at radius 3 is 2.40 bits per heavy atom. The Kier molecular flexibility index (Phi) is 5.79. The summed E-state index contributed by atoms with van der Waals surface area (Å²) in [5, 5.41) is 14.2. The molecule has 0 aromatic carbocycles. The number of amides is 2. The lowest BCUT2D eigenvalue weighted by atomic mass is 10.0. The second kappa shape index (κ2) is 7.12. The van der Waals surface area contributed by atoms with E-state index in [-0.39, 0.29) is 18.4 Å². The molecule has 1 aliphatic carbocycles. The summed E-state index contributed by atoms with van der Waals surface area (Å²) in [6, 6.07) is -1.61. The van der Waals surface area contributed by atoms with Gasteiger partial charge in [0.15, 0.2) is 0 Å². The van der Waals surface area contributed by atoms with Gasteiger partial charge in [-0.2, -0.15) is 0 Å². The number of hydrogen-bond acceptors (Lipinski definition) is 4. The number of methoxy groups -OCH3 is 1. The number of urea groups is 1. The molecule has 0 aromatic heterocycles. The lowest BCUT2D eigenvalue weighted by molar-refractivity contribution is -0.142. The summed E-state index contributed by atoms with van der Waals surface area (Å²) in [6.07, 6.45) is 3.85. The summed E-state index contributed by atoms with van der Waals surface area (Å²) in [7, 11) is 1.24. The standard InChI is InChI=1S/C13H22N2O5/c1-13(7-3-4-8-13)15-12(19)14-9(11(17)18)5-6-10(16)20-2/h9H,3-8H2,1-2H3,(H,17,18)(H2,14,15,19)/t9-/m0/s1. The average molecular weight is 286 g/mol. The van der Waals surface area contributed by atoms with E-state index in [1.54, 1.807) is 0 Å². The number of carboxylic acid groups (broad SMARTS) is 1. The summed E-state index contributed by atoms with van der Waals surface area (Å²) in [4.78, 5) is 33.9. The highest BCUT2D eigenvalue weighted by atomic mass is 16.5. The van der Waals surface area contributed by atoms with Gasteiger partial charge in [0.05, 0.1) is 7.11 Å². The monoisotopic (exact) mass is 286 g/mol. The predicted octanol–water partition coefficient (Wildman–Crippen LogP) is 1.02. The molecular formula is C13H22N2O5. The van der Waals surface area contributed by atoms with Crippen molar-refractivity contribution in [2.24, 2.45) is 0 Å². The van der Waals surface area contributed by atoms with Gasteiger partial charge in [-0.25, -0.2) is 9.59 Å². The summed E-state index contributed by atoms with van der Waals surface area (Å²) in [5.41, 5.74) is -0.268. The Labute approximate surface area is 118 Å². The van der Waals surface area contributed by atoms with Crippen LogP contribution in [0.15, 0.2) is 0 Å². The number of aliphatic carboxylic acids is 1. The van der Waals surface area contributed by atoms with Gasteiger partial charge in [-0.15, -0.1) is 0 Å². The zero-order chi connectivity index (χ0) is 15.2. The highest BCUT2D eigenvalue weighted by Crippen LogP contribution is 2.28. The average Bonchev–Trinajstić information content (AvgIpc) is 2.79. The maximum atomic E-state index is 11.8. The molecular weight excluding hydrogens is 264 g/mol. The summed E-state index contributed by atoms with van der Waals surface area (Å²) >= 11 is 0. The minimum atomic E-state index is -1.17. The molecule has 0 unspecified atom stereocenters. The number of nitrogens with one attached hydrogen (secondary N) is 2. The molecule has 2 amide bonds. The second-order valence-corrected chi connectivity index (χ2v) is 5.37. The Balaban J connectivity index is 2.46. The maximum Gasteiger partial charge on any atom is 0.326 e. The van der Waals surface area contributed by atoms with Gasteiger partial charge < -0.3 is 20.5 Å². The first-order valence-corrected chi connectivity index (χ1v) is 6.74. The van der Waals surface area contributed by atoms with Crippen LogP contribution in [0.4, 0.5) is 4.79 Å². The van der Waals surface area contributed by atoms with Crippen molar-refractivity contribution in [3.8, 4) is 0 Å². The molecule has 7 nitrogen and oxygen atoms in total. The van der Waals surface area contributed by atoms with Gasteiger partial charge in [-0.3, -0.25) is 4.79 Å². The summed E-state index contributed by atoms with van der Waals surface area (Å²) < 4.78 is 4.45. The quantitative estimate of drug-likeness (QED) is 0.632. The van der Waals surface area contributed by atoms with Crippen molar-refractivity contribution in [1.82, 2.24) is 10.6 Å². The van der Waals surface area contributed by atoms with Crippen molar-refractivity contribution in [1.29, 1.82) is 0 Å². The molecule has 0 heterocycles. The highest BCUT2D eigenvalue weighted by Gasteiger charge is 2.31. The third kappa shape index (κ3) is 5.07. The van der Waals surface area contributed by atoms with E-state index < -0.39 is 24.0 Å². The van der Waals surface area contributed by atoms with Crippen molar-refractivity contribution in [3.63, 3.8) is 0 Å². The first-order valence-electron chi connectivity index (χ1n) is 6.74. The van der Waals surface area contributed by atoms with Gasteiger partial charge in [0.25, 0.3) is 0 Å². The van der Waals surface area contributed by atoms with E-state index >= 15 is 0 Å². The molecule has 1 saturated carbocycles. The minimum absolute atomic E-state index is 0.00609. The van der Waals surface area contributed by atoms with Crippen LogP contribution in [0.25, 0.3) is 0 Å². The first kappa shape index (κ1) is 16.3. The van der Waals surface area contributed by atoms with Crippen LogP contribution in [0, 0.1) is 0 Å². The predicted molar refractivity (Wildman–Crippen MR) is 71.2 cm³/mol. The van der Waals surface area contributed by atoms with E-state index in [4.69, 9.17) is 5.11 Å². The van der Waals surface area contributed by atoms with Crippen molar-refractivity contribution < 1.29 is 24.2 Å². The largest absolute Gasteiger partial charge is 0.480 e. The Morgan fingerprint density at radius 2 is 1.90 bits per heavy atom. The van der Waals surface area contributed by atoms with Crippen LogP contribution in [0.5, 0.6) is 0 Å². The van der Waals surface area contributed by atoms with Crippen molar-refractivity contribution in [2.45, 2.75) is 57.0 Å². The molecule has 1 rings (SSSR count). The van der Waals surface area contributed by atoms with Gasteiger partial charge in [0.2, 0.25) is 0 Å². The van der Waals surface area contributed by atoms with Crippen LogP contribution in [-0.4, -0.2) is 41.8 Å². The SMILES string of the molecule is COC(=O)CC[C@H](NC(=O)NC1(C)CCCC1)C(=O)O. The van der Waals surface area contributed by atoms with Crippen LogP contribution in [0.3, 0.4) is 0 Å². The minimum Gasteiger partial charge on any atom is -0.480 e. The smallest absolute Gasteiger partial charge is 0.326 e. The fourth-order valence-electron chi connectivity index (χ4n) is 2.37. The number of carboxylic acids is 1. The van der Waals surface area contributed by atoms with Gasteiger partial charge >= 0.3 is 18.0 Å². The fourth-order valence-corrected chi connectivity index (χ4v) is 2.37. The van der Waals surface area contributed by atoms with Gasteiger partial charge in [0, 0.05) is 12.0 Å². The highest BCUT2D eigenvalue weighted by molar-refractivity contribution is 5.83. The Bertz CT molecular complexity index is 377. The number of esters is 1. The van der Waals surface area contributed by atoms with Crippen LogP contribution in [0.1, 0.15) is 45.4 Å².